The molecule has 10 rings (SSSR count). The number of likely N-dealkylation sites (N-methyl/N-ethyl adjacent to an activating group) is 2. The molecule has 0 radical (unpaired) electrons. The Labute approximate surface area is 375 Å². The highest BCUT2D eigenvalue weighted by Crippen LogP contribution is 2.37. The van der Waals surface area contributed by atoms with E-state index < -0.39 is 0 Å². The van der Waals surface area contributed by atoms with Crippen LogP contribution in [0.1, 0.15) is 40.3 Å². The highest BCUT2D eigenvalue weighted by molar-refractivity contribution is 5.95. The Morgan fingerprint density at radius 1 is 0.692 bits per heavy atom. The number of fused-ring (bicyclic) bond motifs is 4. The van der Waals surface area contributed by atoms with Crippen LogP contribution < -0.4 is 35.0 Å². The van der Waals surface area contributed by atoms with E-state index in [1.807, 2.05) is 101 Å². The number of rotatable bonds is 10. The SMILES string of the molecule is COc1ccc2c(c1)CC(c1nc3c(N(C)CCN(C)C)cc(-c4cn[nH]c4C)cc3c(=O)[nH]1)CO2.COc1ccc2c(c1)CC(c1nc3cc(-c4ccncc4)ccc3c(=O)[nH]1)CO2. The van der Waals surface area contributed by atoms with Gasteiger partial charge in [0.05, 0.1) is 67.4 Å². The van der Waals surface area contributed by atoms with Crippen molar-refractivity contribution in [2.24, 2.45) is 0 Å². The zero-order valence-electron chi connectivity index (χ0n) is 37.3. The van der Waals surface area contributed by atoms with Gasteiger partial charge in [-0.25, -0.2) is 9.97 Å². The lowest BCUT2D eigenvalue weighted by atomic mass is 9.95. The number of H-pyrrole nitrogens is 3. The van der Waals surface area contributed by atoms with Crippen LogP contribution in [0.25, 0.3) is 44.1 Å². The van der Waals surface area contributed by atoms with Crippen LogP contribution in [0.4, 0.5) is 5.69 Å². The Morgan fingerprint density at radius 3 is 1.92 bits per heavy atom. The van der Waals surface area contributed by atoms with Crippen LogP contribution in [0, 0.1) is 6.92 Å². The number of nitrogens with zero attached hydrogens (tertiary/aromatic N) is 6. The summed E-state index contributed by atoms with van der Waals surface area (Å²) < 4.78 is 22.6. The van der Waals surface area contributed by atoms with Crippen molar-refractivity contribution >= 4 is 27.5 Å². The van der Waals surface area contributed by atoms with Crippen molar-refractivity contribution in [3.63, 3.8) is 0 Å². The van der Waals surface area contributed by atoms with E-state index in [1.54, 1.807) is 32.8 Å². The molecule has 15 heteroatoms. The largest absolute Gasteiger partial charge is 0.497 e. The molecule has 0 saturated carbocycles. The standard InChI is InChI=1S/C27H32N6O3.C23H19N3O3/c1-16-22(14-28-31-16)17-12-21-25(23(13-17)33(4)9-8-32(2)3)29-26(30-27(21)34)19-10-18-11-20(35-5)6-7-24(18)36-15-19;1-28-18-3-5-21-16(11-18)10-17(13-29-21)22-25-20-12-15(14-6-8-24-9-7-14)2-4-19(20)23(27)26-22/h6-7,11-14,19H,8-10,15H2,1-5H3,(H,28,31)(H,29,30,34);2-9,11-12,17H,10,13H2,1H3,(H,25,26,27). The molecular weight excluding hydrogens is 823 g/mol. The summed E-state index contributed by atoms with van der Waals surface area (Å²) >= 11 is 0. The van der Waals surface area contributed by atoms with Crippen molar-refractivity contribution in [2.75, 3.05) is 66.6 Å². The fraction of sp³-hybridized carbons (Fsp3) is 0.280. The van der Waals surface area contributed by atoms with Crippen LogP contribution in [-0.4, -0.2) is 102 Å². The molecule has 0 spiro atoms. The van der Waals surface area contributed by atoms with Crippen molar-refractivity contribution < 1.29 is 18.9 Å². The van der Waals surface area contributed by atoms with Crippen molar-refractivity contribution in [2.45, 2.75) is 31.6 Å². The number of aromatic amines is 3. The monoisotopic (exact) mass is 873 g/mol. The van der Waals surface area contributed by atoms with Gasteiger partial charge in [0.1, 0.15) is 40.2 Å². The first-order chi connectivity index (χ1) is 31.5. The number of hydrogen-bond donors (Lipinski definition) is 3. The van der Waals surface area contributed by atoms with Gasteiger partial charge in [-0.05, 0) is 134 Å². The van der Waals surface area contributed by atoms with E-state index >= 15 is 0 Å². The number of methoxy groups -OCH3 is 2. The van der Waals surface area contributed by atoms with Crippen molar-refractivity contribution in [3.8, 4) is 45.3 Å². The van der Waals surface area contributed by atoms with Crippen LogP contribution in [0.5, 0.6) is 23.0 Å². The molecule has 15 nitrogen and oxygen atoms in total. The van der Waals surface area contributed by atoms with E-state index in [1.165, 1.54) is 0 Å². The number of aromatic nitrogens is 7. The molecule has 2 unspecified atom stereocenters. The normalized spacial score (nSPS) is 15.3. The van der Waals surface area contributed by atoms with Gasteiger partial charge in [0.15, 0.2) is 0 Å². The maximum atomic E-state index is 13.4. The van der Waals surface area contributed by atoms with E-state index in [9.17, 15) is 9.59 Å². The molecule has 6 heterocycles. The number of aryl methyl sites for hydroxylation is 1. The lowest BCUT2D eigenvalue weighted by Gasteiger charge is -2.26. The van der Waals surface area contributed by atoms with Crippen LogP contribution in [0.2, 0.25) is 0 Å². The molecule has 0 bridgehead atoms. The molecule has 8 aromatic rings. The Balaban J connectivity index is 0.000000168. The number of hydrogen-bond acceptors (Lipinski definition) is 12. The predicted octanol–water partition coefficient (Wildman–Crippen LogP) is 7.06. The van der Waals surface area contributed by atoms with E-state index in [4.69, 9.17) is 28.9 Å². The third-order valence-corrected chi connectivity index (χ3v) is 12.1. The fourth-order valence-corrected chi connectivity index (χ4v) is 8.42. The Hall–Kier alpha value is -7.52. The van der Waals surface area contributed by atoms with Gasteiger partial charge in [0, 0.05) is 43.8 Å². The summed E-state index contributed by atoms with van der Waals surface area (Å²) in [4.78, 5) is 50.3. The van der Waals surface area contributed by atoms with E-state index in [0.29, 0.717) is 53.1 Å². The van der Waals surface area contributed by atoms with E-state index in [2.05, 4.69) is 41.0 Å². The highest BCUT2D eigenvalue weighted by atomic mass is 16.5. The molecule has 0 amide bonds. The quantitative estimate of drug-likeness (QED) is 0.128. The van der Waals surface area contributed by atoms with Gasteiger partial charge in [0.25, 0.3) is 11.1 Å². The van der Waals surface area contributed by atoms with Crippen LogP contribution in [-0.2, 0) is 12.8 Å². The van der Waals surface area contributed by atoms with Crippen LogP contribution in [0.15, 0.2) is 107 Å². The third-order valence-electron chi connectivity index (χ3n) is 12.1. The van der Waals surface area contributed by atoms with Gasteiger partial charge >= 0.3 is 0 Å². The number of nitrogens with one attached hydrogen (secondary N) is 3. The second kappa shape index (κ2) is 18.3. The second-order valence-electron chi connectivity index (χ2n) is 16.8. The number of anilines is 1. The first-order valence-corrected chi connectivity index (χ1v) is 21.5. The predicted molar refractivity (Wildman–Crippen MR) is 252 cm³/mol. The summed E-state index contributed by atoms with van der Waals surface area (Å²) in [7, 11) is 9.44. The average Bonchev–Trinajstić information content (AvgIpc) is 3.77. The number of pyridine rings is 1. The minimum absolute atomic E-state index is 0.0312. The van der Waals surface area contributed by atoms with Crippen molar-refractivity contribution in [3.05, 3.63) is 147 Å². The fourth-order valence-electron chi connectivity index (χ4n) is 8.42. The summed E-state index contributed by atoms with van der Waals surface area (Å²) in [5, 5.41) is 8.30. The molecule has 2 aliphatic rings. The van der Waals surface area contributed by atoms with E-state index in [0.717, 1.165) is 87.3 Å². The molecule has 0 aliphatic carbocycles. The van der Waals surface area contributed by atoms with Crippen molar-refractivity contribution in [1.29, 1.82) is 0 Å². The first-order valence-electron chi connectivity index (χ1n) is 21.5. The molecule has 0 fully saturated rings. The molecule has 0 saturated heterocycles. The molecule has 2 atom stereocenters. The lowest BCUT2D eigenvalue weighted by Crippen LogP contribution is -2.29. The van der Waals surface area contributed by atoms with Gasteiger partial charge in [-0.2, -0.15) is 5.10 Å². The topological polar surface area (TPSA) is 176 Å². The summed E-state index contributed by atoms with van der Waals surface area (Å²) in [6.07, 6.45) is 6.73. The summed E-state index contributed by atoms with van der Waals surface area (Å²) in [6.45, 7) is 4.56. The molecule has 65 heavy (non-hydrogen) atoms. The number of ether oxygens (including phenoxy) is 4. The minimum atomic E-state index is -0.156. The van der Waals surface area contributed by atoms with Crippen molar-refractivity contribution in [1.82, 2.24) is 40.0 Å². The molecule has 332 valence electrons. The maximum Gasteiger partial charge on any atom is 0.258 e. The Bertz CT molecular complexity index is 3130. The molecule has 2 aliphatic heterocycles. The molecule has 4 aromatic heterocycles. The second-order valence-corrected chi connectivity index (χ2v) is 16.8. The van der Waals surface area contributed by atoms with Gasteiger partial charge in [0.2, 0.25) is 0 Å². The van der Waals surface area contributed by atoms with Crippen LogP contribution >= 0.6 is 0 Å². The molecule has 3 N–H and O–H groups in total. The van der Waals surface area contributed by atoms with Gasteiger partial charge in [-0.3, -0.25) is 19.7 Å². The smallest absolute Gasteiger partial charge is 0.258 e. The zero-order chi connectivity index (χ0) is 45.2. The summed E-state index contributed by atoms with van der Waals surface area (Å²) in [5.41, 5.74) is 8.96. The first kappa shape index (κ1) is 42.8. The molecule has 4 aromatic carbocycles. The highest BCUT2D eigenvalue weighted by Gasteiger charge is 2.27. The third kappa shape index (κ3) is 9.00. The summed E-state index contributed by atoms with van der Waals surface area (Å²) in [5.74, 6) is 4.44. The van der Waals surface area contributed by atoms with Gasteiger partial charge < -0.3 is 38.7 Å². The van der Waals surface area contributed by atoms with Gasteiger partial charge in [-0.1, -0.05) is 6.07 Å². The maximum absolute atomic E-state index is 13.4. The molecular formula is C50H51N9O6. The summed E-state index contributed by atoms with van der Waals surface area (Å²) in [6, 6.07) is 25.2. The number of benzene rings is 4. The Morgan fingerprint density at radius 2 is 1.32 bits per heavy atom. The zero-order valence-corrected chi connectivity index (χ0v) is 37.3. The van der Waals surface area contributed by atoms with E-state index in [-0.39, 0.29) is 23.0 Å². The Kier molecular flexibility index (Phi) is 12.0. The van der Waals surface area contributed by atoms with Gasteiger partial charge in [-0.15, -0.1) is 0 Å². The minimum Gasteiger partial charge on any atom is -0.497 e. The van der Waals surface area contributed by atoms with Crippen LogP contribution in [0.3, 0.4) is 0 Å². The lowest BCUT2D eigenvalue weighted by molar-refractivity contribution is 0.257. The average molecular weight is 874 g/mol.